The summed E-state index contributed by atoms with van der Waals surface area (Å²) in [5.41, 5.74) is 2.34. The number of nitrogens with one attached hydrogen (secondary N) is 1. The largest absolute Gasteiger partial charge is 0.461 e. The van der Waals surface area contributed by atoms with Gasteiger partial charge in [0.1, 0.15) is 17.8 Å². The van der Waals surface area contributed by atoms with E-state index in [1.807, 2.05) is 12.1 Å². The molecular weight excluding hydrogens is 658 g/mol. The number of anilines is 1. The van der Waals surface area contributed by atoms with Crippen LogP contribution in [-0.4, -0.2) is 41.4 Å². The van der Waals surface area contributed by atoms with Crippen LogP contribution in [0.2, 0.25) is 0 Å². The molecule has 0 unspecified atom stereocenters. The van der Waals surface area contributed by atoms with E-state index in [4.69, 9.17) is 9.47 Å². The van der Waals surface area contributed by atoms with Gasteiger partial charge in [0.2, 0.25) is 0 Å². The number of nitrogens with zero attached hydrogens (tertiary/aromatic N) is 2. The van der Waals surface area contributed by atoms with E-state index in [9.17, 15) is 27.6 Å². The Kier molecular flexibility index (Phi) is 9.88. The lowest BCUT2D eigenvalue weighted by atomic mass is 9.86. The number of benzene rings is 3. The van der Waals surface area contributed by atoms with Gasteiger partial charge in [0.25, 0.3) is 21.5 Å². The Hall–Kier alpha value is -5.49. The van der Waals surface area contributed by atoms with Gasteiger partial charge in [-0.25, -0.2) is 17.2 Å². The third-order valence-electron chi connectivity index (χ3n) is 8.28. The molecular formula is C38H39N3O8S. The van der Waals surface area contributed by atoms with Crippen molar-refractivity contribution >= 4 is 44.5 Å². The van der Waals surface area contributed by atoms with E-state index in [1.54, 1.807) is 56.3 Å². The number of aryl methyl sites for hydroxylation is 2. The summed E-state index contributed by atoms with van der Waals surface area (Å²) in [6.45, 7) is 10.6. The van der Waals surface area contributed by atoms with Crippen molar-refractivity contribution < 1.29 is 32.3 Å². The number of pyridine rings is 1. The van der Waals surface area contributed by atoms with Crippen LogP contribution in [0.5, 0.6) is 0 Å². The van der Waals surface area contributed by atoms with Crippen LogP contribution in [0.3, 0.4) is 0 Å². The summed E-state index contributed by atoms with van der Waals surface area (Å²) in [5.74, 6) is -1.91. The first-order valence-corrected chi connectivity index (χ1v) is 17.4. The standard InChI is InChI=1S/C38H39N3O8S/c1-8-48-37(45)33-20-29-30(21-40(7)36(44)34(29)41(33)50(46,47)27-18-12-23(2)13-19-27)28-10-9-11-32(31(28)22-49-24(3)42)39-35(43)25-14-16-26(17-15-25)38(4,5)6/h9-21H,8,22H2,1-7H3,(H,39,43). The van der Waals surface area contributed by atoms with Gasteiger partial charge >= 0.3 is 11.9 Å². The number of hydrogen-bond donors (Lipinski definition) is 1. The quantitative estimate of drug-likeness (QED) is 0.176. The smallest absolute Gasteiger partial charge is 0.356 e. The maximum absolute atomic E-state index is 14.2. The number of hydrogen-bond acceptors (Lipinski definition) is 8. The van der Waals surface area contributed by atoms with Crippen LogP contribution in [0.25, 0.3) is 22.0 Å². The van der Waals surface area contributed by atoms with Crippen molar-refractivity contribution in [2.75, 3.05) is 11.9 Å². The van der Waals surface area contributed by atoms with Gasteiger partial charge in [-0.05, 0) is 66.8 Å². The van der Waals surface area contributed by atoms with E-state index in [2.05, 4.69) is 26.1 Å². The van der Waals surface area contributed by atoms with Gasteiger partial charge in [-0.15, -0.1) is 0 Å². The normalized spacial score (nSPS) is 11.7. The molecule has 12 heteroatoms. The minimum absolute atomic E-state index is 0.0387. The zero-order chi connectivity index (χ0) is 36.5. The minimum atomic E-state index is -4.49. The molecule has 3 aromatic carbocycles. The molecule has 0 bridgehead atoms. The third-order valence-corrected chi connectivity index (χ3v) is 10.0. The summed E-state index contributed by atoms with van der Waals surface area (Å²) < 4.78 is 41.0. The summed E-state index contributed by atoms with van der Waals surface area (Å²) in [6, 6.07) is 19.6. The van der Waals surface area contributed by atoms with Crippen LogP contribution in [0.1, 0.15) is 72.2 Å². The lowest BCUT2D eigenvalue weighted by Crippen LogP contribution is -2.25. The van der Waals surface area contributed by atoms with Crippen LogP contribution in [0.15, 0.2) is 88.7 Å². The van der Waals surface area contributed by atoms with Crippen molar-refractivity contribution in [3.05, 3.63) is 117 Å². The molecule has 5 rings (SSSR count). The molecule has 260 valence electrons. The fraction of sp³-hybridized carbons (Fsp3) is 0.263. The predicted molar refractivity (Wildman–Crippen MR) is 191 cm³/mol. The zero-order valence-corrected chi connectivity index (χ0v) is 29.8. The van der Waals surface area contributed by atoms with Gasteiger partial charge in [0.15, 0.2) is 0 Å². The van der Waals surface area contributed by atoms with Crippen molar-refractivity contribution in [3.63, 3.8) is 0 Å². The number of fused-ring (bicyclic) bond motifs is 1. The summed E-state index contributed by atoms with van der Waals surface area (Å²) in [5, 5.41) is 3.06. The number of carbonyl (C=O) groups is 3. The summed E-state index contributed by atoms with van der Waals surface area (Å²) in [6.07, 6.45) is 1.51. The van der Waals surface area contributed by atoms with E-state index < -0.39 is 33.4 Å². The minimum Gasteiger partial charge on any atom is -0.461 e. The van der Waals surface area contributed by atoms with Crippen LogP contribution in [-0.2, 0) is 43.4 Å². The predicted octanol–water partition coefficient (Wildman–Crippen LogP) is 6.34. The molecule has 1 amide bonds. The fourth-order valence-corrected chi connectivity index (χ4v) is 7.11. The topological polar surface area (TPSA) is 143 Å². The Morgan fingerprint density at radius 3 is 2.16 bits per heavy atom. The number of amides is 1. The molecule has 2 aromatic heterocycles. The molecule has 0 atom stereocenters. The van der Waals surface area contributed by atoms with Crippen LogP contribution in [0.4, 0.5) is 5.69 Å². The highest BCUT2D eigenvalue weighted by Gasteiger charge is 2.31. The molecule has 0 saturated heterocycles. The third kappa shape index (κ3) is 6.97. The van der Waals surface area contributed by atoms with Gasteiger partial charge in [0, 0.05) is 47.9 Å². The van der Waals surface area contributed by atoms with Gasteiger partial charge in [-0.3, -0.25) is 14.4 Å². The van der Waals surface area contributed by atoms with Crippen LogP contribution in [0, 0.1) is 6.92 Å². The second-order valence-corrected chi connectivity index (χ2v) is 14.7. The number of carbonyl (C=O) groups excluding carboxylic acids is 3. The highest BCUT2D eigenvalue weighted by molar-refractivity contribution is 7.90. The molecule has 0 aliphatic carbocycles. The second-order valence-electron chi connectivity index (χ2n) is 12.9. The van der Waals surface area contributed by atoms with Crippen molar-refractivity contribution in [2.45, 2.75) is 58.5 Å². The van der Waals surface area contributed by atoms with Crippen molar-refractivity contribution in [1.82, 2.24) is 8.54 Å². The van der Waals surface area contributed by atoms with E-state index >= 15 is 0 Å². The molecule has 5 aromatic rings. The number of ether oxygens (including phenoxy) is 2. The van der Waals surface area contributed by atoms with Gasteiger partial charge in [-0.1, -0.05) is 62.7 Å². The van der Waals surface area contributed by atoms with Gasteiger partial charge in [0.05, 0.1) is 11.5 Å². The lowest BCUT2D eigenvalue weighted by molar-refractivity contribution is -0.142. The molecule has 0 saturated carbocycles. The summed E-state index contributed by atoms with van der Waals surface area (Å²) >= 11 is 0. The first kappa shape index (κ1) is 35.8. The Balaban J connectivity index is 1.75. The number of aromatic nitrogens is 2. The lowest BCUT2D eigenvalue weighted by Gasteiger charge is -2.19. The Morgan fingerprint density at radius 1 is 0.900 bits per heavy atom. The van der Waals surface area contributed by atoms with Crippen molar-refractivity contribution in [1.29, 1.82) is 0 Å². The Morgan fingerprint density at radius 2 is 1.56 bits per heavy atom. The maximum atomic E-state index is 14.2. The van der Waals surface area contributed by atoms with E-state index in [0.717, 1.165) is 15.1 Å². The highest BCUT2D eigenvalue weighted by atomic mass is 32.2. The molecule has 0 aliphatic heterocycles. The van der Waals surface area contributed by atoms with E-state index in [1.165, 1.54) is 42.9 Å². The highest BCUT2D eigenvalue weighted by Crippen LogP contribution is 2.37. The first-order chi connectivity index (χ1) is 23.5. The maximum Gasteiger partial charge on any atom is 0.356 e. The molecule has 0 spiro atoms. The fourth-order valence-electron chi connectivity index (χ4n) is 5.62. The van der Waals surface area contributed by atoms with Gasteiger partial charge in [-0.2, -0.15) is 0 Å². The second kappa shape index (κ2) is 13.8. The zero-order valence-electron chi connectivity index (χ0n) is 29.0. The van der Waals surface area contributed by atoms with E-state index in [-0.39, 0.29) is 40.1 Å². The van der Waals surface area contributed by atoms with Crippen molar-refractivity contribution in [3.8, 4) is 11.1 Å². The van der Waals surface area contributed by atoms with E-state index in [0.29, 0.717) is 27.9 Å². The molecule has 1 N–H and O–H groups in total. The molecule has 0 aliphatic rings. The van der Waals surface area contributed by atoms with Gasteiger partial charge < -0.3 is 19.4 Å². The number of esters is 2. The molecule has 11 nitrogen and oxygen atoms in total. The number of rotatable bonds is 9. The Bertz CT molecular complexity index is 2290. The molecule has 0 fully saturated rings. The average Bonchev–Trinajstić information content (AvgIpc) is 3.48. The van der Waals surface area contributed by atoms with Crippen LogP contribution < -0.4 is 10.9 Å². The van der Waals surface area contributed by atoms with Crippen LogP contribution >= 0.6 is 0 Å². The Labute approximate surface area is 290 Å². The monoisotopic (exact) mass is 697 g/mol. The molecule has 2 heterocycles. The summed E-state index contributed by atoms with van der Waals surface area (Å²) in [4.78, 5) is 52.5. The first-order valence-electron chi connectivity index (χ1n) is 16.0. The summed E-state index contributed by atoms with van der Waals surface area (Å²) in [7, 11) is -3.03. The average molecular weight is 698 g/mol. The SMILES string of the molecule is CCOC(=O)c1cc2c(-c3cccc(NC(=O)c4ccc(C(C)(C)C)cc4)c3COC(C)=O)cn(C)c(=O)c2n1S(=O)(=O)c1ccc(C)cc1. The molecule has 50 heavy (non-hydrogen) atoms. The van der Waals surface area contributed by atoms with Crippen molar-refractivity contribution in [2.24, 2.45) is 7.05 Å². The molecule has 0 radical (unpaired) electrons.